The van der Waals surface area contributed by atoms with Crippen molar-refractivity contribution < 1.29 is 0 Å². The van der Waals surface area contributed by atoms with Gasteiger partial charge in [-0.25, -0.2) is 9.97 Å². The van der Waals surface area contributed by atoms with E-state index in [0.717, 1.165) is 22.6 Å². The van der Waals surface area contributed by atoms with Gasteiger partial charge in [0.15, 0.2) is 0 Å². The van der Waals surface area contributed by atoms with Crippen molar-refractivity contribution in [2.75, 3.05) is 5.32 Å². The van der Waals surface area contributed by atoms with Gasteiger partial charge in [0.05, 0.1) is 6.04 Å². The number of anilines is 1. The zero-order valence-electron chi connectivity index (χ0n) is 13.3. The third-order valence-electron chi connectivity index (χ3n) is 4.12. The van der Waals surface area contributed by atoms with Crippen molar-refractivity contribution >= 4 is 16.7 Å². The Kier molecular flexibility index (Phi) is 3.67. The minimum Gasteiger partial charge on any atom is -0.359 e. The first-order chi connectivity index (χ1) is 11.8. The molecule has 0 aliphatic heterocycles. The van der Waals surface area contributed by atoms with Crippen molar-refractivity contribution in [2.24, 2.45) is 0 Å². The van der Waals surface area contributed by atoms with Gasteiger partial charge in [-0.2, -0.15) is 0 Å². The van der Waals surface area contributed by atoms with Crippen LogP contribution in [0.4, 0.5) is 5.82 Å². The number of rotatable bonds is 4. The van der Waals surface area contributed by atoms with Crippen LogP contribution in [-0.4, -0.2) is 19.9 Å². The first-order valence-corrected chi connectivity index (χ1v) is 7.82. The molecule has 3 heterocycles. The molecule has 4 aromatic rings. The highest BCUT2D eigenvalue weighted by Crippen LogP contribution is 2.33. The molecule has 0 saturated carbocycles. The maximum absolute atomic E-state index is 4.31. The molecular formula is C19H17N5. The average Bonchev–Trinajstić information content (AvgIpc) is 2.97. The Morgan fingerprint density at radius 1 is 1.00 bits per heavy atom. The predicted octanol–water partition coefficient (Wildman–Crippen LogP) is 3.86. The highest BCUT2D eigenvalue weighted by molar-refractivity contribution is 5.86. The normalized spacial score (nSPS) is 12.2. The van der Waals surface area contributed by atoms with Crippen molar-refractivity contribution in [3.05, 3.63) is 84.2 Å². The molecule has 1 aromatic carbocycles. The molecule has 0 aliphatic carbocycles. The Bertz CT molecular complexity index is 947. The van der Waals surface area contributed by atoms with Crippen LogP contribution < -0.4 is 5.32 Å². The van der Waals surface area contributed by atoms with Crippen LogP contribution in [0.1, 0.15) is 22.9 Å². The van der Waals surface area contributed by atoms with E-state index >= 15 is 0 Å². The molecule has 0 spiro atoms. The van der Waals surface area contributed by atoms with E-state index in [1.54, 1.807) is 18.7 Å². The van der Waals surface area contributed by atoms with Gasteiger partial charge in [-0.3, -0.25) is 4.98 Å². The van der Waals surface area contributed by atoms with Crippen molar-refractivity contribution in [3.8, 4) is 0 Å². The highest BCUT2D eigenvalue weighted by Gasteiger charge is 2.21. The summed E-state index contributed by atoms with van der Waals surface area (Å²) in [6.45, 7) is 2.10. The molecule has 0 saturated heterocycles. The van der Waals surface area contributed by atoms with Gasteiger partial charge in [-0.1, -0.05) is 24.3 Å². The van der Waals surface area contributed by atoms with Crippen molar-refractivity contribution in [2.45, 2.75) is 13.0 Å². The van der Waals surface area contributed by atoms with Crippen LogP contribution in [0.15, 0.2) is 67.4 Å². The third-order valence-corrected chi connectivity index (χ3v) is 4.12. The molecule has 0 bridgehead atoms. The lowest BCUT2D eigenvalue weighted by Crippen LogP contribution is -2.14. The molecule has 1 unspecified atom stereocenters. The number of hydrogen-bond acceptors (Lipinski definition) is 4. The highest BCUT2D eigenvalue weighted by atomic mass is 15.0. The van der Waals surface area contributed by atoms with E-state index in [2.05, 4.69) is 56.4 Å². The number of benzene rings is 1. The van der Waals surface area contributed by atoms with E-state index < -0.39 is 0 Å². The SMILES string of the molecule is Cc1[nH]c2ccccc2c1C(Nc1ccncn1)c1cccnc1. The van der Waals surface area contributed by atoms with Crippen LogP contribution in [0.3, 0.4) is 0 Å². The minimum atomic E-state index is -0.0512. The van der Waals surface area contributed by atoms with Gasteiger partial charge in [0.2, 0.25) is 0 Å². The third kappa shape index (κ3) is 2.60. The summed E-state index contributed by atoms with van der Waals surface area (Å²) in [5.74, 6) is 0.781. The van der Waals surface area contributed by atoms with Crippen LogP contribution in [-0.2, 0) is 0 Å². The number of aromatic amines is 1. The van der Waals surface area contributed by atoms with Gasteiger partial charge < -0.3 is 10.3 Å². The predicted molar refractivity (Wildman–Crippen MR) is 94.8 cm³/mol. The Morgan fingerprint density at radius 2 is 1.92 bits per heavy atom. The first-order valence-electron chi connectivity index (χ1n) is 7.82. The Morgan fingerprint density at radius 3 is 2.71 bits per heavy atom. The summed E-state index contributed by atoms with van der Waals surface area (Å²) in [6.07, 6.45) is 6.95. The molecule has 5 heteroatoms. The Balaban J connectivity index is 1.87. The Labute approximate surface area is 139 Å². The van der Waals surface area contributed by atoms with E-state index in [9.17, 15) is 0 Å². The molecule has 1 atom stereocenters. The summed E-state index contributed by atoms with van der Waals surface area (Å²) >= 11 is 0. The average molecular weight is 315 g/mol. The fourth-order valence-corrected chi connectivity index (χ4v) is 3.06. The monoisotopic (exact) mass is 315 g/mol. The number of nitrogens with zero attached hydrogens (tertiary/aromatic N) is 3. The summed E-state index contributed by atoms with van der Waals surface area (Å²) < 4.78 is 0. The number of para-hydroxylation sites is 1. The fraction of sp³-hybridized carbons (Fsp3) is 0.105. The molecule has 4 rings (SSSR count). The van der Waals surface area contributed by atoms with Crippen LogP contribution in [0.25, 0.3) is 10.9 Å². The van der Waals surface area contributed by atoms with Gasteiger partial charge in [0.1, 0.15) is 12.1 Å². The maximum atomic E-state index is 4.31. The Hall–Kier alpha value is -3.21. The van der Waals surface area contributed by atoms with E-state index in [1.165, 1.54) is 10.9 Å². The standard InChI is InChI=1S/C19H17N5/c1-13-18(15-6-2-3-7-16(15)23-13)19(14-5-4-9-20-11-14)24-17-8-10-21-12-22-17/h2-12,19,23H,1H3,(H,21,22,24). The molecule has 0 aliphatic rings. The molecular weight excluding hydrogens is 298 g/mol. The van der Waals surface area contributed by atoms with Gasteiger partial charge in [-0.05, 0) is 30.7 Å². The smallest absolute Gasteiger partial charge is 0.130 e. The summed E-state index contributed by atoms with van der Waals surface area (Å²) in [4.78, 5) is 16.1. The molecule has 2 N–H and O–H groups in total. The summed E-state index contributed by atoms with van der Waals surface area (Å²) in [5.41, 5.74) is 4.55. The van der Waals surface area contributed by atoms with E-state index in [-0.39, 0.29) is 6.04 Å². The molecule has 0 fully saturated rings. The second-order valence-electron chi connectivity index (χ2n) is 5.67. The van der Waals surface area contributed by atoms with Gasteiger partial charge in [-0.15, -0.1) is 0 Å². The summed E-state index contributed by atoms with van der Waals surface area (Å²) in [7, 11) is 0. The van der Waals surface area contributed by atoms with Gasteiger partial charge in [0, 0.05) is 40.8 Å². The van der Waals surface area contributed by atoms with E-state index in [4.69, 9.17) is 0 Å². The van der Waals surface area contributed by atoms with Crippen molar-refractivity contribution in [3.63, 3.8) is 0 Å². The maximum Gasteiger partial charge on any atom is 0.130 e. The quantitative estimate of drug-likeness (QED) is 0.600. The number of fused-ring (bicyclic) bond motifs is 1. The lowest BCUT2D eigenvalue weighted by atomic mass is 9.97. The molecule has 24 heavy (non-hydrogen) atoms. The summed E-state index contributed by atoms with van der Waals surface area (Å²) in [6, 6.07) is 14.2. The van der Waals surface area contributed by atoms with Crippen LogP contribution in [0.5, 0.6) is 0 Å². The van der Waals surface area contributed by atoms with Crippen molar-refractivity contribution in [1.29, 1.82) is 0 Å². The number of pyridine rings is 1. The number of aryl methyl sites for hydroxylation is 1. The zero-order valence-corrected chi connectivity index (χ0v) is 13.3. The van der Waals surface area contributed by atoms with E-state index in [1.807, 2.05) is 24.4 Å². The van der Waals surface area contributed by atoms with Crippen LogP contribution in [0.2, 0.25) is 0 Å². The molecule has 118 valence electrons. The summed E-state index contributed by atoms with van der Waals surface area (Å²) in [5, 5.41) is 4.72. The molecule has 5 nitrogen and oxygen atoms in total. The minimum absolute atomic E-state index is 0.0512. The molecule has 0 radical (unpaired) electrons. The van der Waals surface area contributed by atoms with Crippen LogP contribution >= 0.6 is 0 Å². The topological polar surface area (TPSA) is 66.5 Å². The fourth-order valence-electron chi connectivity index (χ4n) is 3.06. The second kappa shape index (κ2) is 6.12. The number of H-pyrrole nitrogens is 1. The number of nitrogens with one attached hydrogen (secondary N) is 2. The zero-order chi connectivity index (χ0) is 16.4. The van der Waals surface area contributed by atoms with E-state index in [0.29, 0.717) is 0 Å². The number of hydrogen-bond donors (Lipinski definition) is 2. The largest absolute Gasteiger partial charge is 0.359 e. The first kappa shape index (κ1) is 14.4. The van der Waals surface area contributed by atoms with Crippen molar-refractivity contribution in [1.82, 2.24) is 19.9 Å². The molecule has 0 amide bonds. The number of aromatic nitrogens is 4. The lowest BCUT2D eigenvalue weighted by molar-refractivity contribution is 0.908. The lowest BCUT2D eigenvalue weighted by Gasteiger charge is -2.20. The van der Waals surface area contributed by atoms with Gasteiger partial charge >= 0.3 is 0 Å². The van der Waals surface area contributed by atoms with Crippen LogP contribution in [0, 0.1) is 6.92 Å². The molecule has 3 aromatic heterocycles. The van der Waals surface area contributed by atoms with Gasteiger partial charge in [0.25, 0.3) is 0 Å². The second-order valence-corrected chi connectivity index (χ2v) is 5.67.